The molecule has 1 rings (SSSR count). The second-order valence-electron chi connectivity index (χ2n) is 5.12. The van der Waals surface area contributed by atoms with Crippen LogP contribution in [0.25, 0.3) is 0 Å². The molecule has 0 N–H and O–H groups in total. The minimum atomic E-state index is 0.324. The van der Waals surface area contributed by atoms with Crippen molar-refractivity contribution in [3.8, 4) is 0 Å². The molecule has 0 saturated carbocycles. The van der Waals surface area contributed by atoms with Crippen molar-refractivity contribution in [2.24, 2.45) is 18.4 Å². The molecule has 1 heterocycles. The van der Waals surface area contributed by atoms with Crippen LogP contribution in [0.15, 0.2) is 5.16 Å². The Kier molecular flexibility index (Phi) is 4.86. The molecular weight excluding hydrogens is 286 g/mol. The first-order valence-electron chi connectivity index (χ1n) is 5.41. The third-order valence-electron chi connectivity index (χ3n) is 2.88. The van der Waals surface area contributed by atoms with Crippen molar-refractivity contribution >= 4 is 27.7 Å². The van der Waals surface area contributed by atoms with E-state index in [4.69, 9.17) is 0 Å². The molecule has 0 aliphatic carbocycles. The van der Waals surface area contributed by atoms with Gasteiger partial charge in [-0.25, -0.2) is 0 Å². The van der Waals surface area contributed by atoms with Crippen LogP contribution in [0.3, 0.4) is 0 Å². The summed E-state index contributed by atoms with van der Waals surface area (Å²) >= 11 is 5.38. The molecule has 16 heavy (non-hydrogen) atoms. The van der Waals surface area contributed by atoms with Gasteiger partial charge in [0.15, 0.2) is 5.16 Å². The van der Waals surface area contributed by atoms with E-state index in [1.165, 1.54) is 0 Å². The lowest BCUT2D eigenvalue weighted by molar-refractivity contribution is 0.295. The maximum absolute atomic E-state index is 4.16. The molecule has 5 heteroatoms. The van der Waals surface area contributed by atoms with E-state index in [0.717, 1.165) is 22.1 Å². The van der Waals surface area contributed by atoms with E-state index >= 15 is 0 Å². The number of halogens is 1. The molecule has 0 aliphatic heterocycles. The summed E-state index contributed by atoms with van der Waals surface area (Å²) in [7, 11) is 2.01. The summed E-state index contributed by atoms with van der Waals surface area (Å²) in [6.45, 7) is 8.81. The highest BCUT2D eigenvalue weighted by Crippen LogP contribution is 2.32. The number of hydrogen-bond acceptors (Lipinski definition) is 3. The lowest BCUT2D eigenvalue weighted by atomic mass is 9.83. The first-order valence-corrected chi connectivity index (χ1v) is 7.51. The molecule has 1 aromatic heterocycles. The van der Waals surface area contributed by atoms with E-state index in [1.807, 2.05) is 18.5 Å². The summed E-state index contributed by atoms with van der Waals surface area (Å²) in [5, 5.41) is 10.3. The fraction of sp³-hybridized carbons (Fsp3) is 0.818. The maximum Gasteiger partial charge on any atom is 0.190 e. The van der Waals surface area contributed by atoms with Gasteiger partial charge in [0.05, 0.1) is 0 Å². The fourth-order valence-corrected chi connectivity index (χ4v) is 4.11. The molecule has 0 spiro atoms. The van der Waals surface area contributed by atoms with Gasteiger partial charge in [-0.05, 0) is 18.3 Å². The third kappa shape index (κ3) is 3.48. The van der Waals surface area contributed by atoms with E-state index < -0.39 is 0 Å². The Morgan fingerprint density at radius 2 is 2.00 bits per heavy atom. The zero-order chi connectivity index (χ0) is 12.3. The van der Waals surface area contributed by atoms with Crippen LogP contribution < -0.4 is 0 Å². The first-order chi connectivity index (χ1) is 7.36. The largest absolute Gasteiger partial charge is 0.309 e. The van der Waals surface area contributed by atoms with E-state index in [1.54, 1.807) is 11.8 Å². The molecular formula is C11H20BrN3S. The van der Waals surface area contributed by atoms with E-state index in [0.29, 0.717) is 11.3 Å². The predicted octanol–water partition coefficient (Wildman–Crippen LogP) is 3.27. The van der Waals surface area contributed by atoms with Crippen LogP contribution in [0.1, 0.15) is 26.6 Å². The van der Waals surface area contributed by atoms with E-state index in [-0.39, 0.29) is 0 Å². The number of nitrogens with zero attached hydrogens (tertiary/aromatic N) is 3. The lowest BCUT2D eigenvalue weighted by Crippen LogP contribution is -2.24. The molecule has 1 unspecified atom stereocenters. The molecule has 0 saturated heterocycles. The van der Waals surface area contributed by atoms with Crippen LogP contribution >= 0.6 is 27.7 Å². The van der Waals surface area contributed by atoms with Gasteiger partial charge in [-0.3, -0.25) is 0 Å². The summed E-state index contributed by atoms with van der Waals surface area (Å²) in [5.41, 5.74) is 0.324. The Morgan fingerprint density at radius 3 is 2.38 bits per heavy atom. The molecule has 0 bridgehead atoms. The number of thioether (sulfide) groups is 1. The van der Waals surface area contributed by atoms with Crippen molar-refractivity contribution in [2.75, 3.05) is 11.1 Å². The molecule has 0 amide bonds. The average molecular weight is 306 g/mol. The summed E-state index contributed by atoms with van der Waals surface area (Å²) in [6.07, 6.45) is 0. The highest BCUT2D eigenvalue weighted by molar-refractivity contribution is 9.09. The average Bonchev–Trinajstić information content (AvgIpc) is 2.48. The smallest absolute Gasteiger partial charge is 0.190 e. The zero-order valence-electron chi connectivity index (χ0n) is 10.6. The van der Waals surface area contributed by atoms with Crippen LogP contribution in [0.4, 0.5) is 0 Å². The molecule has 0 aliphatic rings. The quantitative estimate of drug-likeness (QED) is 0.632. The van der Waals surface area contributed by atoms with Crippen molar-refractivity contribution in [2.45, 2.75) is 32.9 Å². The standard InChI is InChI=1S/C11H20BrN3S/c1-8-13-14-10(15(8)5)16-7-9(6-12)11(2,3)4/h9H,6-7H2,1-5H3. The molecule has 1 aromatic rings. The normalized spacial score (nSPS) is 14.1. The molecule has 0 aromatic carbocycles. The van der Waals surface area contributed by atoms with Gasteiger partial charge in [0.1, 0.15) is 5.82 Å². The van der Waals surface area contributed by atoms with Crippen LogP contribution in [0.5, 0.6) is 0 Å². The van der Waals surface area contributed by atoms with Crippen molar-refractivity contribution in [3.63, 3.8) is 0 Å². The minimum Gasteiger partial charge on any atom is -0.309 e. The Balaban J connectivity index is 2.60. The second-order valence-corrected chi connectivity index (χ2v) is 6.75. The van der Waals surface area contributed by atoms with Gasteiger partial charge >= 0.3 is 0 Å². The summed E-state index contributed by atoms with van der Waals surface area (Å²) in [5.74, 6) is 2.67. The molecule has 1 atom stereocenters. The topological polar surface area (TPSA) is 30.7 Å². The SMILES string of the molecule is Cc1nnc(SCC(CBr)C(C)(C)C)n1C. The van der Waals surface area contributed by atoms with Gasteiger partial charge in [-0.15, -0.1) is 10.2 Å². The number of alkyl halides is 1. The van der Waals surface area contributed by atoms with Crippen LogP contribution in [-0.2, 0) is 7.05 Å². The molecule has 0 fully saturated rings. The summed E-state index contributed by atoms with van der Waals surface area (Å²) < 4.78 is 2.04. The summed E-state index contributed by atoms with van der Waals surface area (Å²) in [6, 6.07) is 0. The summed E-state index contributed by atoms with van der Waals surface area (Å²) in [4.78, 5) is 0. The Labute approximate surface area is 111 Å². The Hall–Kier alpha value is -0.0300. The zero-order valence-corrected chi connectivity index (χ0v) is 13.0. The first kappa shape index (κ1) is 14.0. The van der Waals surface area contributed by atoms with Gasteiger partial charge in [0.2, 0.25) is 0 Å². The minimum absolute atomic E-state index is 0.324. The van der Waals surface area contributed by atoms with Gasteiger partial charge in [0.25, 0.3) is 0 Å². The molecule has 92 valence electrons. The lowest BCUT2D eigenvalue weighted by Gasteiger charge is -2.28. The van der Waals surface area contributed by atoms with Gasteiger partial charge in [0, 0.05) is 18.1 Å². The number of aromatic nitrogens is 3. The van der Waals surface area contributed by atoms with Crippen molar-refractivity contribution in [1.29, 1.82) is 0 Å². The van der Waals surface area contributed by atoms with Crippen molar-refractivity contribution in [1.82, 2.24) is 14.8 Å². The van der Waals surface area contributed by atoms with Crippen LogP contribution in [-0.4, -0.2) is 25.8 Å². The fourth-order valence-electron chi connectivity index (χ4n) is 1.21. The highest BCUT2D eigenvalue weighted by Gasteiger charge is 2.24. The van der Waals surface area contributed by atoms with Gasteiger partial charge in [-0.1, -0.05) is 48.5 Å². The molecule has 3 nitrogen and oxygen atoms in total. The molecule has 0 radical (unpaired) electrons. The van der Waals surface area contributed by atoms with Crippen molar-refractivity contribution in [3.05, 3.63) is 5.82 Å². The monoisotopic (exact) mass is 305 g/mol. The van der Waals surface area contributed by atoms with Crippen LogP contribution in [0.2, 0.25) is 0 Å². The number of rotatable bonds is 4. The van der Waals surface area contributed by atoms with Gasteiger partial charge in [-0.2, -0.15) is 0 Å². The maximum atomic E-state index is 4.16. The van der Waals surface area contributed by atoms with Crippen molar-refractivity contribution < 1.29 is 0 Å². The van der Waals surface area contributed by atoms with Crippen LogP contribution in [0, 0.1) is 18.3 Å². The number of aryl methyl sites for hydroxylation is 1. The third-order valence-corrected chi connectivity index (χ3v) is 4.84. The predicted molar refractivity (Wildman–Crippen MR) is 73.2 cm³/mol. The second kappa shape index (κ2) is 5.54. The van der Waals surface area contributed by atoms with Gasteiger partial charge < -0.3 is 4.57 Å². The van der Waals surface area contributed by atoms with E-state index in [9.17, 15) is 0 Å². The number of hydrogen-bond donors (Lipinski definition) is 0. The Bertz CT molecular complexity index is 343. The Morgan fingerprint density at radius 1 is 1.38 bits per heavy atom. The van der Waals surface area contributed by atoms with E-state index in [2.05, 4.69) is 46.9 Å². The highest BCUT2D eigenvalue weighted by atomic mass is 79.9.